The minimum Gasteiger partial charge on any atom is -0.492 e. The summed E-state index contributed by atoms with van der Waals surface area (Å²) in [6, 6.07) is 9.04. The molecule has 0 atom stereocenters. The molecule has 1 aliphatic heterocycles. The topological polar surface area (TPSA) is 81.5 Å². The van der Waals surface area contributed by atoms with Gasteiger partial charge in [0.2, 0.25) is 0 Å². The van der Waals surface area contributed by atoms with Gasteiger partial charge in [0.25, 0.3) is 5.91 Å². The lowest BCUT2D eigenvalue weighted by Crippen LogP contribution is -2.27. The molecular weight excluding hydrogens is 483 g/mol. The van der Waals surface area contributed by atoms with Gasteiger partial charge in [-0.2, -0.15) is 18.3 Å². The van der Waals surface area contributed by atoms with Crippen LogP contribution in [0.5, 0.6) is 5.75 Å². The van der Waals surface area contributed by atoms with Gasteiger partial charge in [-0.15, -0.1) is 0 Å². The van der Waals surface area contributed by atoms with Crippen LogP contribution in [0, 0.1) is 5.92 Å². The standard InChI is InChI=1S/C24H24F3N3O4S/c1-15(2)14-34-22-8-7-19(35(3,32)33)10-20(22)23(31)29-11-16-12-30(28-21(16)13-29)18-6-4-5-17(9-18)24(25,26)27/h4-10,12,15H,11,13-14H2,1-3H3. The van der Waals surface area contributed by atoms with Crippen LogP contribution in [0.1, 0.15) is 41.0 Å². The van der Waals surface area contributed by atoms with Crippen molar-refractivity contribution >= 4 is 15.7 Å². The quantitative estimate of drug-likeness (QED) is 0.491. The highest BCUT2D eigenvalue weighted by Crippen LogP contribution is 2.32. The van der Waals surface area contributed by atoms with Gasteiger partial charge in [-0.1, -0.05) is 19.9 Å². The molecule has 0 radical (unpaired) electrons. The Balaban J connectivity index is 1.59. The predicted molar refractivity (Wildman–Crippen MR) is 122 cm³/mol. The summed E-state index contributed by atoms with van der Waals surface area (Å²) in [6.45, 7) is 4.57. The fraction of sp³-hybridized carbons (Fsp3) is 0.333. The average molecular weight is 508 g/mol. The van der Waals surface area contributed by atoms with Crippen molar-refractivity contribution in [1.29, 1.82) is 0 Å². The summed E-state index contributed by atoms with van der Waals surface area (Å²) in [5.74, 6) is 0.0626. The van der Waals surface area contributed by atoms with Crippen molar-refractivity contribution in [3.8, 4) is 11.4 Å². The monoisotopic (exact) mass is 507 g/mol. The van der Waals surface area contributed by atoms with Crippen molar-refractivity contribution in [3.05, 3.63) is 71.0 Å². The first-order valence-electron chi connectivity index (χ1n) is 10.8. The number of rotatable bonds is 6. The number of carbonyl (C=O) groups excluding carboxylic acids is 1. The van der Waals surface area contributed by atoms with E-state index in [0.29, 0.717) is 17.9 Å². The van der Waals surface area contributed by atoms with Gasteiger partial charge in [0, 0.05) is 24.6 Å². The van der Waals surface area contributed by atoms with Crippen LogP contribution in [-0.4, -0.2) is 41.9 Å². The first-order valence-corrected chi connectivity index (χ1v) is 12.7. The molecule has 0 fully saturated rings. The van der Waals surface area contributed by atoms with Gasteiger partial charge >= 0.3 is 6.18 Å². The number of hydrogen-bond acceptors (Lipinski definition) is 5. The van der Waals surface area contributed by atoms with E-state index in [1.54, 1.807) is 6.20 Å². The fourth-order valence-corrected chi connectivity index (χ4v) is 4.36. The highest BCUT2D eigenvalue weighted by Gasteiger charge is 2.32. The van der Waals surface area contributed by atoms with Crippen molar-refractivity contribution < 1.29 is 31.1 Å². The van der Waals surface area contributed by atoms with Gasteiger partial charge < -0.3 is 9.64 Å². The molecule has 3 aromatic rings. The zero-order valence-corrected chi connectivity index (χ0v) is 20.2. The first-order chi connectivity index (χ1) is 16.3. The third kappa shape index (κ3) is 5.34. The van der Waals surface area contributed by atoms with Crippen LogP contribution in [0.25, 0.3) is 5.69 Å². The number of fused-ring (bicyclic) bond motifs is 1. The highest BCUT2D eigenvalue weighted by atomic mass is 32.2. The van der Waals surface area contributed by atoms with E-state index in [4.69, 9.17) is 4.74 Å². The van der Waals surface area contributed by atoms with E-state index < -0.39 is 27.5 Å². The Morgan fingerprint density at radius 1 is 1.14 bits per heavy atom. The molecule has 2 heterocycles. The lowest BCUT2D eigenvalue weighted by Gasteiger charge is -2.19. The zero-order valence-electron chi connectivity index (χ0n) is 19.3. The molecule has 7 nitrogen and oxygen atoms in total. The van der Waals surface area contributed by atoms with Crippen LogP contribution >= 0.6 is 0 Å². The van der Waals surface area contributed by atoms with E-state index in [2.05, 4.69) is 5.10 Å². The summed E-state index contributed by atoms with van der Waals surface area (Å²) in [5, 5.41) is 4.38. The molecule has 0 spiro atoms. The van der Waals surface area contributed by atoms with E-state index in [0.717, 1.165) is 18.4 Å². The molecular formula is C24H24F3N3O4S. The number of sulfone groups is 1. The fourth-order valence-electron chi connectivity index (χ4n) is 3.71. The molecule has 1 amide bonds. The van der Waals surface area contributed by atoms with Gasteiger partial charge in [0.1, 0.15) is 5.75 Å². The zero-order chi connectivity index (χ0) is 25.5. The summed E-state index contributed by atoms with van der Waals surface area (Å²) in [5.41, 5.74) is 0.864. The minimum absolute atomic E-state index is 0.00409. The van der Waals surface area contributed by atoms with Crippen molar-refractivity contribution in [1.82, 2.24) is 14.7 Å². The third-order valence-corrected chi connectivity index (χ3v) is 6.60. The number of halogens is 3. The number of benzene rings is 2. The Morgan fingerprint density at radius 3 is 2.51 bits per heavy atom. The SMILES string of the molecule is CC(C)COc1ccc(S(C)(=O)=O)cc1C(=O)N1Cc2cn(-c3cccc(C(F)(F)F)c3)nc2C1. The van der Waals surface area contributed by atoms with Crippen LogP contribution in [-0.2, 0) is 29.1 Å². The molecule has 35 heavy (non-hydrogen) atoms. The number of hydrogen-bond donors (Lipinski definition) is 0. The second kappa shape index (κ2) is 9.03. The Hall–Kier alpha value is -3.34. The van der Waals surface area contributed by atoms with Gasteiger partial charge in [-0.25, -0.2) is 13.1 Å². The van der Waals surface area contributed by atoms with Crippen molar-refractivity contribution in [2.75, 3.05) is 12.9 Å². The number of carbonyl (C=O) groups is 1. The molecule has 0 N–H and O–H groups in total. The van der Waals surface area contributed by atoms with Crippen molar-refractivity contribution in [3.63, 3.8) is 0 Å². The lowest BCUT2D eigenvalue weighted by atomic mass is 10.1. The number of nitrogens with zero attached hydrogens (tertiary/aromatic N) is 3. The largest absolute Gasteiger partial charge is 0.492 e. The van der Waals surface area contributed by atoms with E-state index in [-0.39, 0.29) is 40.9 Å². The highest BCUT2D eigenvalue weighted by molar-refractivity contribution is 7.90. The molecule has 4 rings (SSSR count). The maximum absolute atomic E-state index is 13.4. The number of aromatic nitrogens is 2. The summed E-state index contributed by atoms with van der Waals surface area (Å²) in [4.78, 5) is 14.9. The number of ether oxygens (including phenoxy) is 1. The molecule has 0 bridgehead atoms. The Morgan fingerprint density at radius 2 is 1.89 bits per heavy atom. The van der Waals surface area contributed by atoms with Gasteiger partial charge in [-0.3, -0.25) is 4.79 Å². The van der Waals surface area contributed by atoms with Crippen LogP contribution in [0.3, 0.4) is 0 Å². The van der Waals surface area contributed by atoms with Gasteiger partial charge in [0.15, 0.2) is 9.84 Å². The normalized spacial score (nSPS) is 13.9. The minimum atomic E-state index is -4.47. The molecule has 2 aromatic carbocycles. The molecule has 0 saturated heterocycles. The molecule has 1 aromatic heterocycles. The maximum atomic E-state index is 13.4. The van der Waals surface area contributed by atoms with E-state index in [9.17, 15) is 26.4 Å². The third-order valence-electron chi connectivity index (χ3n) is 5.49. The lowest BCUT2D eigenvalue weighted by molar-refractivity contribution is -0.137. The van der Waals surface area contributed by atoms with E-state index in [1.165, 1.54) is 39.9 Å². The molecule has 0 aliphatic carbocycles. The van der Waals surface area contributed by atoms with Crippen LogP contribution in [0.15, 0.2) is 53.6 Å². The molecule has 1 aliphatic rings. The van der Waals surface area contributed by atoms with Crippen molar-refractivity contribution in [2.24, 2.45) is 5.92 Å². The summed E-state index contributed by atoms with van der Waals surface area (Å²) in [7, 11) is -3.55. The molecule has 0 unspecified atom stereocenters. The predicted octanol–water partition coefficient (Wildman–Crippen LogP) is 4.49. The van der Waals surface area contributed by atoms with E-state index >= 15 is 0 Å². The van der Waals surface area contributed by atoms with E-state index in [1.807, 2.05) is 13.8 Å². The molecule has 0 saturated carbocycles. The second-order valence-electron chi connectivity index (χ2n) is 8.89. The maximum Gasteiger partial charge on any atom is 0.416 e. The summed E-state index contributed by atoms with van der Waals surface area (Å²) in [6.07, 6.45) is -1.81. The van der Waals surface area contributed by atoms with Crippen molar-refractivity contribution in [2.45, 2.75) is 38.0 Å². The Kier molecular flexibility index (Phi) is 6.39. The summed E-state index contributed by atoms with van der Waals surface area (Å²) >= 11 is 0. The van der Waals surface area contributed by atoms with Gasteiger partial charge in [0.05, 0.1) is 40.6 Å². The molecule has 11 heteroatoms. The Bertz CT molecular complexity index is 1360. The number of amides is 1. The van der Waals surface area contributed by atoms with Crippen LogP contribution < -0.4 is 4.74 Å². The summed E-state index contributed by atoms with van der Waals surface area (Å²) < 4.78 is 70.4. The smallest absolute Gasteiger partial charge is 0.416 e. The Labute approximate surface area is 201 Å². The first kappa shape index (κ1) is 24.8. The second-order valence-corrected chi connectivity index (χ2v) is 10.9. The molecule has 186 valence electrons. The van der Waals surface area contributed by atoms with Crippen LogP contribution in [0.4, 0.5) is 13.2 Å². The van der Waals surface area contributed by atoms with Crippen LogP contribution in [0.2, 0.25) is 0 Å². The number of alkyl halides is 3. The van der Waals surface area contributed by atoms with Gasteiger partial charge in [-0.05, 0) is 42.3 Å². The average Bonchev–Trinajstić information content (AvgIpc) is 3.35.